The number of halogens is 2. The van der Waals surface area contributed by atoms with Gasteiger partial charge in [0, 0.05) is 16.1 Å². The molecule has 1 aliphatic heterocycles. The van der Waals surface area contributed by atoms with Crippen molar-refractivity contribution in [1.82, 2.24) is 5.32 Å². The Morgan fingerprint density at radius 3 is 2.88 bits per heavy atom. The maximum atomic E-state index is 6.12. The molecule has 0 aromatic heterocycles. The summed E-state index contributed by atoms with van der Waals surface area (Å²) in [6.07, 6.45) is 9.42. The van der Waals surface area contributed by atoms with E-state index in [1.165, 1.54) is 25.7 Å². The van der Waals surface area contributed by atoms with E-state index in [0.717, 1.165) is 12.1 Å². The third-order valence-electron chi connectivity index (χ3n) is 3.07. The van der Waals surface area contributed by atoms with Crippen LogP contribution in [0.4, 0.5) is 0 Å². The molecule has 1 nitrogen and oxygen atoms in total. The molecule has 1 heterocycles. The van der Waals surface area contributed by atoms with Crippen LogP contribution in [0.3, 0.4) is 0 Å². The second-order valence-corrected chi connectivity index (χ2v) is 5.28. The fourth-order valence-electron chi connectivity index (χ4n) is 2.08. The summed E-state index contributed by atoms with van der Waals surface area (Å²) < 4.78 is 0. The van der Waals surface area contributed by atoms with E-state index in [-0.39, 0.29) is 0 Å². The van der Waals surface area contributed by atoms with Gasteiger partial charge in [-0.15, -0.1) is 0 Å². The van der Waals surface area contributed by atoms with Crippen LogP contribution in [-0.4, -0.2) is 12.6 Å². The summed E-state index contributed by atoms with van der Waals surface area (Å²) in [6, 6.07) is 6.08. The molecule has 3 heteroatoms. The minimum absolute atomic E-state index is 0.476. The molecule has 17 heavy (non-hydrogen) atoms. The van der Waals surface area contributed by atoms with Gasteiger partial charge in [-0.25, -0.2) is 0 Å². The molecule has 0 amide bonds. The lowest BCUT2D eigenvalue weighted by Gasteiger charge is -2.10. The Labute approximate surface area is 113 Å². The van der Waals surface area contributed by atoms with Crippen molar-refractivity contribution in [3.8, 4) is 0 Å². The van der Waals surface area contributed by atoms with Crippen molar-refractivity contribution >= 4 is 29.3 Å². The number of nitrogens with one attached hydrogen (secondary N) is 1. The molecule has 1 atom stereocenters. The molecule has 1 N–H and O–H groups in total. The van der Waals surface area contributed by atoms with E-state index in [0.29, 0.717) is 16.1 Å². The van der Waals surface area contributed by atoms with Gasteiger partial charge in [0.1, 0.15) is 0 Å². The van der Waals surface area contributed by atoms with Crippen molar-refractivity contribution in [2.45, 2.75) is 31.7 Å². The Hall–Kier alpha value is -0.500. The SMILES string of the molecule is Clc1ccc(/C=C/C2CCCCCN2)c(Cl)c1. The summed E-state index contributed by atoms with van der Waals surface area (Å²) in [4.78, 5) is 0. The number of hydrogen-bond donors (Lipinski definition) is 1. The Kier molecular flexibility index (Phi) is 4.90. The molecule has 0 radical (unpaired) electrons. The summed E-state index contributed by atoms with van der Waals surface area (Å²) in [5.41, 5.74) is 1.03. The second kappa shape index (κ2) is 6.44. The average molecular weight is 270 g/mol. The fraction of sp³-hybridized carbons (Fsp3) is 0.429. The van der Waals surface area contributed by atoms with Gasteiger partial charge < -0.3 is 5.32 Å². The molecule has 1 fully saturated rings. The summed E-state index contributed by atoms with van der Waals surface area (Å²) in [5, 5.41) is 4.92. The molecule has 1 saturated heterocycles. The van der Waals surface area contributed by atoms with Crippen LogP contribution in [0.15, 0.2) is 24.3 Å². The van der Waals surface area contributed by atoms with E-state index in [9.17, 15) is 0 Å². The molecular formula is C14H17Cl2N. The van der Waals surface area contributed by atoms with Crippen LogP contribution in [0.5, 0.6) is 0 Å². The first-order chi connectivity index (χ1) is 8.25. The van der Waals surface area contributed by atoms with E-state index in [1.54, 1.807) is 6.07 Å². The van der Waals surface area contributed by atoms with Crippen LogP contribution in [0.1, 0.15) is 31.2 Å². The van der Waals surface area contributed by atoms with Crippen LogP contribution >= 0.6 is 23.2 Å². The zero-order chi connectivity index (χ0) is 12.1. The van der Waals surface area contributed by atoms with Gasteiger partial charge in [0.2, 0.25) is 0 Å². The topological polar surface area (TPSA) is 12.0 Å². The average Bonchev–Trinajstić information content (AvgIpc) is 2.56. The van der Waals surface area contributed by atoms with Gasteiger partial charge in [0.25, 0.3) is 0 Å². The third-order valence-corrected chi connectivity index (χ3v) is 3.63. The van der Waals surface area contributed by atoms with Gasteiger partial charge in [-0.2, -0.15) is 0 Å². The van der Waals surface area contributed by atoms with E-state index in [2.05, 4.69) is 17.5 Å². The molecule has 1 aliphatic rings. The maximum Gasteiger partial charge on any atom is 0.0493 e. The Balaban J connectivity index is 2.03. The zero-order valence-electron chi connectivity index (χ0n) is 9.76. The van der Waals surface area contributed by atoms with Crippen molar-refractivity contribution < 1.29 is 0 Å². The summed E-state index contributed by atoms with van der Waals surface area (Å²) in [7, 11) is 0. The summed E-state index contributed by atoms with van der Waals surface area (Å²) >= 11 is 12.0. The second-order valence-electron chi connectivity index (χ2n) is 4.43. The predicted octanol–water partition coefficient (Wildman–Crippen LogP) is 4.54. The van der Waals surface area contributed by atoms with Crippen molar-refractivity contribution in [2.24, 2.45) is 0 Å². The predicted molar refractivity (Wildman–Crippen MR) is 75.8 cm³/mol. The molecular weight excluding hydrogens is 253 g/mol. The van der Waals surface area contributed by atoms with Gasteiger partial charge in [-0.05, 0) is 37.1 Å². The number of hydrogen-bond acceptors (Lipinski definition) is 1. The van der Waals surface area contributed by atoms with Crippen LogP contribution in [0.2, 0.25) is 10.0 Å². The Bertz CT molecular complexity index is 393. The molecule has 92 valence electrons. The highest BCUT2D eigenvalue weighted by molar-refractivity contribution is 6.35. The number of benzene rings is 1. The first-order valence-electron chi connectivity index (χ1n) is 6.12. The van der Waals surface area contributed by atoms with Crippen LogP contribution in [-0.2, 0) is 0 Å². The maximum absolute atomic E-state index is 6.12. The zero-order valence-corrected chi connectivity index (χ0v) is 11.3. The van der Waals surface area contributed by atoms with Crippen molar-refractivity contribution in [3.63, 3.8) is 0 Å². The van der Waals surface area contributed by atoms with Gasteiger partial charge in [-0.1, -0.05) is 54.3 Å². The van der Waals surface area contributed by atoms with Crippen LogP contribution < -0.4 is 5.32 Å². The fourth-order valence-corrected chi connectivity index (χ4v) is 2.55. The molecule has 0 spiro atoms. The van der Waals surface area contributed by atoms with E-state index >= 15 is 0 Å². The van der Waals surface area contributed by atoms with Crippen LogP contribution in [0.25, 0.3) is 6.08 Å². The lowest BCUT2D eigenvalue weighted by Crippen LogP contribution is -2.25. The quantitative estimate of drug-likeness (QED) is 0.832. The highest BCUT2D eigenvalue weighted by Gasteiger charge is 2.07. The van der Waals surface area contributed by atoms with Gasteiger partial charge in [0.15, 0.2) is 0 Å². The lowest BCUT2D eigenvalue weighted by molar-refractivity contribution is 0.599. The summed E-state index contributed by atoms with van der Waals surface area (Å²) in [5.74, 6) is 0. The first kappa shape index (κ1) is 12.9. The highest BCUT2D eigenvalue weighted by Crippen LogP contribution is 2.22. The van der Waals surface area contributed by atoms with Crippen molar-refractivity contribution in [2.75, 3.05) is 6.54 Å². The molecule has 0 bridgehead atoms. The van der Waals surface area contributed by atoms with E-state index in [4.69, 9.17) is 23.2 Å². The summed E-state index contributed by atoms with van der Waals surface area (Å²) in [6.45, 7) is 1.11. The standard InChI is InChI=1S/C14H17Cl2N/c15-12-7-5-11(14(16)10-12)6-8-13-4-2-1-3-9-17-13/h5-8,10,13,17H,1-4,9H2/b8-6+. The molecule has 2 rings (SSSR count). The molecule has 1 aromatic carbocycles. The normalized spacial score (nSPS) is 21.6. The smallest absolute Gasteiger partial charge is 0.0493 e. The van der Waals surface area contributed by atoms with Gasteiger partial charge in [-0.3, -0.25) is 0 Å². The minimum atomic E-state index is 0.476. The van der Waals surface area contributed by atoms with Crippen molar-refractivity contribution in [3.05, 3.63) is 39.9 Å². The Morgan fingerprint density at radius 2 is 2.06 bits per heavy atom. The molecule has 0 saturated carbocycles. The van der Waals surface area contributed by atoms with Crippen molar-refractivity contribution in [1.29, 1.82) is 0 Å². The van der Waals surface area contributed by atoms with E-state index < -0.39 is 0 Å². The van der Waals surface area contributed by atoms with Gasteiger partial charge >= 0.3 is 0 Å². The first-order valence-corrected chi connectivity index (χ1v) is 6.88. The highest BCUT2D eigenvalue weighted by atomic mass is 35.5. The molecule has 1 unspecified atom stereocenters. The minimum Gasteiger partial charge on any atom is -0.311 e. The molecule has 0 aliphatic carbocycles. The monoisotopic (exact) mass is 269 g/mol. The Morgan fingerprint density at radius 1 is 1.18 bits per heavy atom. The van der Waals surface area contributed by atoms with Crippen LogP contribution in [0, 0.1) is 0 Å². The third kappa shape index (κ3) is 4.02. The van der Waals surface area contributed by atoms with E-state index in [1.807, 2.05) is 12.1 Å². The number of rotatable bonds is 2. The van der Waals surface area contributed by atoms with Gasteiger partial charge in [0.05, 0.1) is 0 Å². The molecule has 1 aromatic rings. The largest absolute Gasteiger partial charge is 0.311 e. The lowest BCUT2D eigenvalue weighted by atomic mass is 10.1.